The fraction of sp³-hybridized carbons (Fsp3) is 0.655. The third-order valence-corrected chi connectivity index (χ3v) is 10.6. The summed E-state index contributed by atoms with van der Waals surface area (Å²) in [6.07, 6.45) is -4.18. The number of esters is 1. The molecule has 3 N–H and O–H groups in total. The molecule has 6 fully saturated rings. The fourth-order valence-corrected chi connectivity index (χ4v) is 8.94. The molecule has 1 aromatic carbocycles. The van der Waals surface area contributed by atoms with E-state index in [1.807, 2.05) is 25.1 Å². The van der Waals surface area contributed by atoms with Gasteiger partial charge in [-0.25, -0.2) is 0 Å². The third-order valence-electron chi connectivity index (χ3n) is 10.6. The first-order valence-corrected chi connectivity index (χ1v) is 13.6. The Hall–Kier alpha value is -2.18. The van der Waals surface area contributed by atoms with E-state index in [0.29, 0.717) is 11.1 Å². The first-order valence-electron chi connectivity index (χ1n) is 13.6. The van der Waals surface area contributed by atoms with Crippen LogP contribution in [0.2, 0.25) is 0 Å². The second kappa shape index (κ2) is 7.55. The molecule has 2 unspecified atom stereocenters. The Labute approximate surface area is 225 Å². The zero-order valence-electron chi connectivity index (χ0n) is 22.3. The molecule has 3 saturated carbocycles. The molecular formula is C29H34O10. The fourth-order valence-electron chi connectivity index (χ4n) is 8.94. The van der Waals surface area contributed by atoms with E-state index in [1.54, 1.807) is 26.0 Å². The largest absolute Gasteiger partial charge is 0.459 e. The van der Waals surface area contributed by atoms with Crippen molar-refractivity contribution >= 4 is 11.8 Å². The van der Waals surface area contributed by atoms with E-state index in [0.717, 1.165) is 0 Å². The van der Waals surface area contributed by atoms with Crippen molar-refractivity contribution in [2.75, 3.05) is 6.61 Å². The molecule has 39 heavy (non-hydrogen) atoms. The summed E-state index contributed by atoms with van der Waals surface area (Å²) in [6.45, 7) is 10.2. The van der Waals surface area contributed by atoms with E-state index in [9.17, 15) is 24.9 Å². The van der Waals surface area contributed by atoms with Crippen LogP contribution in [0.15, 0.2) is 42.5 Å². The second-order valence-electron chi connectivity index (χ2n) is 12.4. The minimum absolute atomic E-state index is 0.200. The normalized spacial score (nSPS) is 54.4. The minimum Gasteiger partial charge on any atom is -0.459 e. The number of aliphatic hydroxyl groups is 3. The maximum absolute atomic E-state index is 13.7. The molecular weight excluding hydrogens is 508 g/mol. The Kier molecular flexibility index (Phi) is 4.99. The molecule has 6 aliphatic rings. The molecule has 3 bridgehead atoms. The molecule has 210 valence electrons. The summed E-state index contributed by atoms with van der Waals surface area (Å²) >= 11 is 0. The van der Waals surface area contributed by atoms with Crippen molar-refractivity contribution in [2.45, 2.75) is 86.9 Å². The number of carbonyl (C=O) groups is 2. The number of ketones is 1. The first-order chi connectivity index (χ1) is 18.4. The lowest BCUT2D eigenvalue weighted by molar-refractivity contribution is -0.443. The minimum atomic E-state index is -2.29. The number of ether oxygens (including phenoxy) is 5. The Morgan fingerprint density at radius 3 is 2.44 bits per heavy atom. The van der Waals surface area contributed by atoms with Crippen molar-refractivity contribution in [2.24, 2.45) is 23.7 Å². The Morgan fingerprint density at radius 2 is 1.82 bits per heavy atom. The smallest absolute Gasteiger partial charge is 0.314 e. The van der Waals surface area contributed by atoms with Crippen molar-refractivity contribution in [1.29, 1.82) is 0 Å². The molecule has 13 atom stereocenters. The van der Waals surface area contributed by atoms with Crippen LogP contribution in [0.5, 0.6) is 0 Å². The maximum Gasteiger partial charge on any atom is 0.314 e. The van der Waals surface area contributed by atoms with Gasteiger partial charge >= 0.3 is 11.9 Å². The molecule has 1 aromatic rings. The predicted octanol–water partition coefficient (Wildman–Crippen LogP) is 0.954. The predicted molar refractivity (Wildman–Crippen MR) is 132 cm³/mol. The van der Waals surface area contributed by atoms with Gasteiger partial charge in [0.25, 0.3) is 0 Å². The summed E-state index contributed by atoms with van der Waals surface area (Å²) in [4.78, 5) is 26.2. The van der Waals surface area contributed by atoms with Gasteiger partial charge in [0.05, 0.1) is 12.2 Å². The molecule has 3 heterocycles. The number of benzene rings is 1. The number of aliphatic hydroxyl groups excluding tert-OH is 2. The number of Topliss-reactive ketones (excluding diaryl/α,β-unsaturated/α-hetero) is 1. The van der Waals surface area contributed by atoms with E-state index in [-0.39, 0.29) is 6.42 Å². The van der Waals surface area contributed by atoms with E-state index in [2.05, 4.69) is 6.58 Å². The van der Waals surface area contributed by atoms with Gasteiger partial charge in [0.2, 0.25) is 0 Å². The van der Waals surface area contributed by atoms with Gasteiger partial charge < -0.3 is 39.0 Å². The molecule has 3 aliphatic heterocycles. The number of hydrogen-bond donors (Lipinski definition) is 3. The lowest BCUT2D eigenvalue weighted by atomic mass is 9.52. The summed E-state index contributed by atoms with van der Waals surface area (Å²) in [5, 5.41) is 34.5. The van der Waals surface area contributed by atoms with Crippen LogP contribution in [0, 0.1) is 23.7 Å². The Morgan fingerprint density at radius 1 is 1.13 bits per heavy atom. The van der Waals surface area contributed by atoms with E-state index in [4.69, 9.17) is 23.7 Å². The van der Waals surface area contributed by atoms with Crippen molar-refractivity contribution in [3.05, 3.63) is 48.0 Å². The van der Waals surface area contributed by atoms with Gasteiger partial charge in [0.1, 0.15) is 30.0 Å². The van der Waals surface area contributed by atoms with Crippen molar-refractivity contribution < 1.29 is 48.6 Å². The Bertz CT molecular complexity index is 1280. The highest BCUT2D eigenvalue weighted by atomic mass is 16.9. The van der Waals surface area contributed by atoms with Gasteiger partial charge in [-0.2, -0.15) is 0 Å². The zero-order chi connectivity index (χ0) is 27.9. The van der Waals surface area contributed by atoms with Crippen LogP contribution in [0.4, 0.5) is 0 Å². The topological polar surface area (TPSA) is 144 Å². The van der Waals surface area contributed by atoms with Gasteiger partial charge in [0.15, 0.2) is 17.0 Å². The molecule has 0 spiro atoms. The highest BCUT2D eigenvalue weighted by molar-refractivity contribution is 5.93. The lowest BCUT2D eigenvalue weighted by Crippen LogP contribution is -2.76. The highest BCUT2D eigenvalue weighted by Gasteiger charge is 2.91. The summed E-state index contributed by atoms with van der Waals surface area (Å²) in [5.41, 5.74) is -5.63. The number of carbonyl (C=O) groups excluding carboxylic acids is 2. The van der Waals surface area contributed by atoms with Gasteiger partial charge in [-0.15, -0.1) is 0 Å². The van der Waals surface area contributed by atoms with Crippen LogP contribution < -0.4 is 0 Å². The summed E-state index contributed by atoms with van der Waals surface area (Å²) in [6, 6.07) is 9.06. The average molecular weight is 543 g/mol. The van der Waals surface area contributed by atoms with Crippen LogP contribution in [0.1, 0.15) is 39.7 Å². The van der Waals surface area contributed by atoms with Gasteiger partial charge in [-0.05, 0) is 18.9 Å². The van der Waals surface area contributed by atoms with Gasteiger partial charge in [-0.1, -0.05) is 50.8 Å². The van der Waals surface area contributed by atoms with E-state index in [1.165, 1.54) is 6.92 Å². The molecule has 3 saturated heterocycles. The molecule has 7 rings (SSSR count). The van der Waals surface area contributed by atoms with E-state index < -0.39 is 94.8 Å². The number of epoxide rings is 1. The van der Waals surface area contributed by atoms with Gasteiger partial charge in [-0.3, -0.25) is 9.59 Å². The summed E-state index contributed by atoms with van der Waals surface area (Å²) in [5.74, 6) is -5.81. The summed E-state index contributed by atoms with van der Waals surface area (Å²) in [7, 11) is 0. The van der Waals surface area contributed by atoms with Crippen LogP contribution in [-0.4, -0.2) is 80.5 Å². The van der Waals surface area contributed by atoms with Crippen LogP contribution in [0.25, 0.3) is 0 Å². The highest BCUT2D eigenvalue weighted by Crippen LogP contribution is 2.74. The number of hydrogen-bond acceptors (Lipinski definition) is 10. The third kappa shape index (κ3) is 2.63. The van der Waals surface area contributed by atoms with Crippen LogP contribution in [-0.2, 0) is 39.2 Å². The van der Waals surface area contributed by atoms with Crippen LogP contribution >= 0.6 is 0 Å². The second-order valence-corrected chi connectivity index (χ2v) is 12.4. The zero-order valence-corrected chi connectivity index (χ0v) is 22.3. The number of fused-ring (bicyclic) bond motifs is 3. The summed E-state index contributed by atoms with van der Waals surface area (Å²) < 4.78 is 32.7. The maximum atomic E-state index is 13.7. The average Bonchev–Trinajstić information content (AvgIpc) is 3.53. The lowest BCUT2D eigenvalue weighted by Gasteiger charge is -2.61. The molecule has 0 radical (unpaired) electrons. The van der Waals surface area contributed by atoms with Crippen molar-refractivity contribution in [1.82, 2.24) is 0 Å². The molecule has 0 aromatic heterocycles. The van der Waals surface area contributed by atoms with E-state index >= 15 is 0 Å². The molecule has 10 heteroatoms. The molecule has 3 aliphatic carbocycles. The molecule has 10 nitrogen and oxygen atoms in total. The quantitative estimate of drug-likeness (QED) is 0.286. The Balaban J connectivity index is 1.55. The molecule has 0 amide bonds. The standard InChI is InChI=1S/C29H34O10/c1-13(2)27-21(35-16(5)31)15(4)28-18-11-14(3)20(32)26(18,34)24(33)25(12-30)22(36-25)19(28)23(27)37-29(38-27,39-28)17-9-7-6-8-10-17/h6-10,14-15,18-19,21-24,30,33-34H,1,11-12H2,2-5H3/t14-,15+,18?,19?,21+,22-,23+,24+,25-,26+,27-,28-,29+/m0/s1. The first kappa shape index (κ1) is 25.8. The number of rotatable bonds is 4. The van der Waals surface area contributed by atoms with Crippen LogP contribution in [0.3, 0.4) is 0 Å². The van der Waals surface area contributed by atoms with Crippen molar-refractivity contribution in [3.63, 3.8) is 0 Å². The monoisotopic (exact) mass is 542 g/mol. The SMILES string of the molecule is C=C(C)[C@@]12O[C@@]3(c4ccccc4)O[C@@H]1C1[C@@H]4O[C@]4(CO)[C@@H](O)[C@]4(O)C(=O)[C@@H](C)CC4[C@@]1(O3)[C@H](C)[C@H]2OC(C)=O. The van der Waals surface area contributed by atoms with Gasteiger partial charge in [0, 0.05) is 36.2 Å². The van der Waals surface area contributed by atoms with Crippen molar-refractivity contribution in [3.8, 4) is 0 Å².